The van der Waals surface area contributed by atoms with E-state index in [1.165, 1.54) is 30.3 Å². The fourth-order valence-electron chi connectivity index (χ4n) is 4.46. The fraction of sp³-hybridized carbons (Fsp3) is 0.440. The van der Waals surface area contributed by atoms with Gasteiger partial charge in [0.05, 0.1) is 11.0 Å². The molecule has 1 heterocycles. The Morgan fingerprint density at radius 1 is 0.966 bits per heavy atom. The maximum atomic E-state index is 12.4. The SMILES string of the molecule is O=C(NCCc1nc2ccccc2n1CCCc1ccccc1)C1CCCCC1. The number of para-hydroxylation sites is 2. The molecule has 1 N–H and O–H groups in total. The van der Waals surface area contributed by atoms with Gasteiger partial charge < -0.3 is 9.88 Å². The second kappa shape index (κ2) is 9.73. The number of carbonyl (C=O) groups excluding carboxylic acids is 1. The van der Waals surface area contributed by atoms with Gasteiger partial charge in [-0.25, -0.2) is 4.98 Å². The van der Waals surface area contributed by atoms with Gasteiger partial charge in [-0.3, -0.25) is 4.79 Å². The molecule has 29 heavy (non-hydrogen) atoms. The molecule has 1 aromatic heterocycles. The number of nitrogens with one attached hydrogen (secondary N) is 1. The van der Waals surface area contributed by atoms with Crippen LogP contribution in [0.1, 0.15) is 49.9 Å². The molecule has 1 aliphatic rings. The number of imidazole rings is 1. The number of nitrogens with zero attached hydrogens (tertiary/aromatic N) is 2. The van der Waals surface area contributed by atoms with Crippen molar-refractivity contribution in [3.05, 3.63) is 66.0 Å². The Morgan fingerprint density at radius 3 is 2.55 bits per heavy atom. The molecule has 152 valence electrons. The molecule has 4 heteroatoms. The normalized spacial score (nSPS) is 14.9. The van der Waals surface area contributed by atoms with Crippen LogP contribution in [-0.4, -0.2) is 22.0 Å². The highest BCUT2D eigenvalue weighted by atomic mass is 16.1. The zero-order valence-corrected chi connectivity index (χ0v) is 17.1. The summed E-state index contributed by atoms with van der Waals surface area (Å²) in [6, 6.07) is 19.0. The minimum absolute atomic E-state index is 0.216. The summed E-state index contributed by atoms with van der Waals surface area (Å²) in [7, 11) is 0. The van der Waals surface area contributed by atoms with Crippen molar-refractivity contribution in [2.24, 2.45) is 5.92 Å². The number of hydrogen-bond acceptors (Lipinski definition) is 2. The predicted molar refractivity (Wildman–Crippen MR) is 118 cm³/mol. The third-order valence-corrected chi connectivity index (χ3v) is 6.05. The maximum Gasteiger partial charge on any atom is 0.223 e. The molecule has 0 spiro atoms. The first kappa shape index (κ1) is 19.7. The second-order valence-electron chi connectivity index (χ2n) is 8.13. The summed E-state index contributed by atoms with van der Waals surface area (Å²) in [6.07, 6.45) is 8.66. The van der Waals surface area contributed by atoms with Gasteiger partial charge in [0.15, 0.2) is 0 Å². The summed E-state index contributed by atoms with van der Waals surface area (Å²) in [5.41, 5.74) is 3.60. The van der Waals surface area contributed by atoms with Crippen molar-refractivity contribution in [1.29, 1.82) is 0 Å². The quantitative estimate of drug-likeness (QED) is 0.595. The van der Waals surface area contributed by atoms with E-state index in [1.54, 1.807) is 0 Å². The van der Waals surface area contributed by atoms with Crippen LogP contribution in [0.2, 0.25) is 0 Å². The summed E-state index contributed by atoms with van der Waals surface area (Å²) in [4.78, 5) is 17.3. The molecular weight excluding hydrogens is 358 g/mol. The molecule has 0 aliphatic heterocycles. The first-order valence-electron chi connectivity index (χ1n) is 11.1. The Balaban J connectivity index is 1.38. The van der Waals surface area contributed by atoms with Gasteiger partial charge in [-0.1, -0.05) is 61.7 Å². The van der Waals surface area contributed by atoms with Crippen LogP contribution in [0.4, 0.5) is 0 Å². The van der Waals surface area contributed by atoms with Crippen LogP contribution < -0.4 is 5.32 Å². The molecular formula is C25H31N3O. The minimum atomic E-state index is 0.216. The Morgan fingerprint density at radius 2 is 1.72 bits per heavy atom. The van der Waals surface area contributed by atoms with Crippen molar-refractivity contribution in [2.75, 3.05) is 6.54 Å². The second-order valence-corrected chi connectivity index (χ2v) is 8.13. The number of rotatable bonds is 8. The van der Waals surface area contributed by atoms with E-state index in [1.807, 2.05) is 6.07 Å². The summed E-state index contributed by atoms with van der Waals surface area (Å²) >= 11 is 0. The van der Waals surface area contributed by atoms with Crippen LogP contribution in [0, 0.1) is 5.92 Å². The third-order valence-electron chi connectivity index (χ3n) is 6.05. The molecule has 1 fully saturated rings. The van der Waals surface area contributed by atoms with Crippen molar-refractivity contribution >= 4 is 16.9 Å². The van der Waals surface area contributed by atoms with Crippen LogP contribution in [0.15, 0.2) is 54.6 Å². The van der Waals surface area contributed by atoms with Crippen molar-refractivity contribution in [3.63, 3.8) is 0 Å². The lowest BCUT2D eigenvalue weighted by atomic mass is 9.89. The predicted octanol–water partition coefficient (Wildman–Crippen LogP) is 4.91. The minimum Gasteiger partial charge on any atom is -0.355 e. The van der Waals surface area contributed by atoms with Gasteiger partial charge in [-0.05, 0) is 43.4 Å². The zero-order valence-electron chi connectivity index (χ0n) is 17.1. The van der Waals surface area contributed by atoms with E-state index >= 15 is 0 Å². The average Bonchev–Trinajstić information content (AvgIpc) is 3.12. The Labute approximate surface area is 173 Å². The molecule has 0 atom stereocenters. The smallest absolute Gasteiger partial charge is 0.223 e. The van der Waals surface area contributed by atoms with Crippen LogP contribution in [0.5, 0.6) is 0 Å². The van der Waals surface area contributed by atoms with Crippen LogP contribution in [-0.2, 0) is 24.2 Å². The summed E-state index contributed by atoms with van der Waals surface area (Å²) < 4.78 is 2.34. The Bertz CT molecular complexity index is 926. The number of aryl methyl sites for hydroxylation is 2. The largest absolute Gasteiger partial charge is 0.355 e. The monoisotopic (exact) mass is 389 g/mol. The van der Waals surface area contributed by atoms with Crippen molar-refractivity contribution in [3.8, 4) is 0 Å². The molecule has 1 amide bonds. The summed E-state index contributed by atoms with van der Waals surface area (Å²) in [5.74, 6) is 1.52. The number of aromatic nitrogens is 2. The highest BCUT2D eigenvalue weighted by molar-refractivity contribution is 5.78. The number of fused-ring (bicyclic) bond motifs is 1. The number of carbonyl (C=O) groups is 1. The Hall–Kier alpha value is -2.62. The van der Waals surface area contributed by atoms with Crippen LogP contribution in [0.3, 0.4) is 0 Å². The zero-order chi connectivity index (χ0) is 19.9. The lowest BCUT2D eigenvalue weighted by Gasteiger charge is -2.20. The van der Waals surface area contributed by atoms with Gasteiger partial charge in [-0.15, -0.1) is 0 Å². The molecule has 0 saturated heterocycles. The average molecular weight is 390 g/mol. The van der Waals surface area contributed by atoms with E-state index in [2.05, 4.69) is 58.4 Å². The van der Waals surface area contributed by atoms with E-state index in [-0.39, 0.29) is 11.8 Å². The van der Waals surface area contributed by atoms with Crippen molar-refractivity contribution in [2.45, 2.75) is 57.9 Å². The molecule has 0 unspecified atom stereocenters. The van der Waals surface area contributed by atoms with Crippen molar-refractivity contribution in [1.82, 2.24) is 14.9 Å². The molecule has 2 aromatic carbocycles. The molecule has 1 aliphatic carbocycles. The van der Waals surface area contributed by atoms with Gasteiger partial charge in [0, 0.05) is 25.4 Å². The van der Waals surface area contributed by atoms with Crippen molar-refractivity contribution < 1.29 is 4.79 Å². The van der Waals surface area contributed by atoms with E-state index < -0.39 is 0 Å². The number of amides is 1. The molecule has 1 saturated carbocycles. The van der Waals surface area contributed by atoms with Gasteiger partial charge in [0.2, 0.25) is 5.91 Å². The fourth-order valence-corrected chi connectivity index (χ4v) is 4.46. The molecule has 0 radical (unpaired) electrons. The van der Waals surface area contributed by atoms with Crippen LogP contribution >= 0.6 is 0 Å². The molecule has 4 rings (SSSR count). The van der Waals surface area contributed by atoms with Gasteiger partial charge in [0.25, 0.3) is 0 Å². The van der Waals surface area contributed by atoms with E-state index in [4.69, 9.17) is 4.98 Å². The third kappa shape index (κ3) is 5.06. The first-order chi connectivity index (χ1) is 14.3. The lowest BCUT2D eigenvalue weighted by molar-refractivity contribution is -0.125. The molecule has 3 aromatic rings. The van der Waals surface area contributed by atoms with Crippen LogP contribution in [0.25, 0.3) is 11.0 Å². The van der Waals surface area contributed by atoms with Gasteiger partial charge >= 0.3 is 0 Å². The van der Waals surface area contributed by atoms with E-state index in [0.717, 1.165) is 50.0 Å². The van der Waals surface area contributed by atoms with E-state index in [0.29, 0.717) is 6.54 Å². The topological polar surface area (TPSA) is 46.9 Å². The molecule has 4 nitrogen and oxygen atoms in total. The number of benzene rings is 2. The highest BCUT2D eigenvalue weighted by Gasteiger charge is 2.20. The lowest BCUT2D eigenvalue weighted by Crippen LogP contribution is -2.33. The molecule has 0 bridgehead atoms. The standard InChI is InChI=1S/C25H31N3O/c29-25(21-13-5-2-6-14-21)26-18-17-24-27-22-15-7-8-16-23(22)28(24)19-9-12-20-10-3-1-4-11-20/h1,3-4,7-8,10-11,15-16,21H,2,5-6,9,12-14,17-19H2,(H,26,29). The number of hydrogen-bond donors (Lipinski definition) is 1. The maximum absolute atomic E-state index is 12.4. The Kier molecular flexibility index (Phi) is 6.60. The summed E-state index contributed by atoms with van der Waals surface area (Å²) in [6.45, 7) is 1.61. The highest BCUT2D eigenvalue weighted by Crippen LogP contribution is 2.23. The van der Waals surface area contributed by atoms with Gasteiger partial charge in [0.1, 0.15) is 5.82 Å². The summed E-state index contributed by atoms with van der Waals surface area (Å²) in [5, 5.41) is 3.16. The first-order valence-corrected chi connectivity index (χ1v) is 11.1. The van der Waals surface area contributed by atoms with E-state index in [9.17, 15) is 4.79 Å². The van der Waals surface area contributed by atoms with Gasteiger partial charge in [-0.2, -0.15) is 0 Å².